The summed E-state index contributed by atoms with van der Waals surface area (Å²) in [5, 5.41) is 4.23. The molecule has 1 heterocycles. The smallest absolute Gasteiger partial charge is 0.0803 e. The molecular weight excluding hydrogens is 230 g/mol. The van der Waals surface area contributed by atoms with E-state index >= 15 is 0 Å². The van der Waals surface area contributed by atoms with Crippen molar-refractivity contribution in [3.05, 3.63) is 10.6 Å². The lowest BCUT2D eigenvalue weighted by Gasteiger charge is -2.30. The third-order valence-electron chi connectivity index (χ3n) is 3.94. The zero-order chi connectivity index (χ0) is 12.3. The fourth-order valence-electron chi connectivity index (χ4n) is 2.74. The molecule has 0 spiro atoms. The van der Waals surface area contributed by atoms with E-state index in [1.54, 1.807) is 0 Å². The van der Waals surface area contributed by atoms with E-state index in [1.807, 2.05) is 0 Å². The molecule has 1 aliphatic carbocycles. The van der Waals surface area contributed by atoms with Crippen LogP contribution in [0.1, 0.15) is 62.6 Å². The van der Waals surface area contributed by atoms with Crippen molar-refractivity contribution in [1.82, 2.24) is 9.59 Å². The predicted octanol–water partition coefficient (Wildman–Crippen LogP) is 3.32. The zero-order valence-electron chi connectivity index (χ0n) is 10.9. The van der Waals surface area contributed by atoms with Crippen molar-refractivity contribution in [3.8, 4) is 0 Å². The van der Waals surface area contributed by atoms with Crippen LogP contribution in [0.25, 0.3) is 0 Å². The van der Waals surface area contributed by atoms with Gasteiger partial charge in [-0.2, -0.15) is 0 Å². The largest absolute Gasteiger partial charge is 0.323 e. The van der Waals surface area contributed by atoms with Gasteiger partial charge in [-0.15, -0.1) is 5.10 Å². The first-order valence-corrected chi connectivity index (χ1v) is 7.56. The summed E-state index contributed by atoms with van der Waals surface area (Å²) >= 11 is 1.51. The maximum atomic E-state index is 6.42. The fourth-order valence-corrected chi connectivity index (χ4v) is 3.53. The molecule has 4 heteroatoms. The van der Waals surface area contributed by atoms with Crippen molar-refractivity contribution < 1.29 is 0 Å². The molecule has 2 N–H and O–H groups in total. The highest BCUT2D eigenvalue weighted by molar-refractivity contribution is 7.05. The number of aryl methyl sites for hydroxylation is 1. The molecule has 1 aromatic rings. The second-order valence-corrected chi connectivity index (χ2v) is 6.17. The van der Waals surface area contributed by atoms with Gasteiger partial charge in [0.1, 0.15) is 0 Å². The Hall–Kier alpha value is -0.480. The molecule has 1 atom stereocenters. The lowest BCUT2D eigenvalue weighted by Crippen LogP contribution is -2.25. The first-order chi connectivity index (χ1) is 8.22. The molecule has 0 aromatic carbocycles. The van der Waals surface area contributed by atoms with Crippen LogP contribution in [0.4, 0.5) is 0 Å². The van der Waals surface area contributed by atoms with Crippen LogP contribution in [0.2, 0.25) is 0 Å². The van der Waals surface area contributed by atoms with Gasteiger partial charge in [-0.25, -0.2) is 0 Å². The summed E-state index contributed by atoms with van der Waals surface area (Å²) < 4.78 is 4.08. The van der Waals surface area contributed by atoms with Gasteiger partial charge in [-0.3, -0.25) is 0 Å². The van der Waals surface area contributed by atoms with Gasteiger partial charge in [0.25, 0.3) is 0 Å². The number of hydrogen-bond acceptors (Lipinski definition) is 4. The number of rotatable bonds is 4. The zero-order valence-corrected chi connectivity index (χ0v) is 11.7. The molecule has 2 rings (SSSR count). The van der Waals surface area contributed by atoms with Crippen LogP contribution >= 0.6 is 11.5 Å². The molecule has 17 heavy (non-hydrogen) atoms. The second-order valence-electron chi connectivity index (χ2n) is 5.38. The Morgan fingerprint density at radius 2 is 2.06 bits per heavy atom. The Labute approximate surface area is 108 Å². The van der Waals surface area contributed by atoms with E-state index in [9.17, 15) is 0 Å². The summed E-state index contributed by atoms with van der Waals surface area (Å²) in [5.74, 6) is 1.53. The van der Waals surface area contributed by atoms with Crippen LogP contribution < -0.4 is 5.73 Å². The molecular formula is C13H23N3S. The Bertz CT molecular complexity index is 342. The van der Waals surface area contributed by atoms with Crippen LogP contribution in [0.15, 0.2) is 0 Å². The average Bonchev–Trinajstić information content (AvgIpc) is 2.78. The molecule has 0 saturated heterocycles. The molecule has 1 saturated carbocycles. The molecule has 0 aliphatic heterocycles. The quantitative estimate of drug-likeness (QED) is 0.895. The highest BCUT2D eigenvalue weighted by atomic mass is 32.1. The molecule has 0 amide bonds. The topological polar surface area (TPSA) is 51.8 Å². The molecule has 3 nitrogen and oxygen atoms in total. The standard InChI is InChI=1S/C13H23N3S/c1-3-4-11-13(17-16-15-11)12(14)10-7-5-9(2)6-8-10/h9-10,12H,3-8,14H2,1-2H3. The minimum atomic E-state index is 0.170. The maximum Gasteiger partial charge on any atom is 0.0803 e. The normalized spacial score (nSPS) is 27.0. The molecule has 0 bridgehead atoms. The fraction of sp³-hybridized carbons (Fsp3) is 0.846. The van der Waals surface area contributed by atoms with E-state index in [1.165, 1.54) is 42.1 Å². The van der Waals surface area contributed by atoms with E-state index in [2.05, 4.69) is 23.4 Å². The van der Waals surface area contributed by atoms with Crippen molar-refractivity contribution in [1.29, 1.82) is 0 Å². The van der Waals surface area contributed by atoms with Crippen molar-refractivity contribution in [2.75, 3.05) is 0 Å². The Morgan fingerprint density at radius 3 is 2.71 bits per heavy atom. The van der Waals surface area contributed by atoms with Gasteiger partial charge in [-0.05, 0) is 42.6 Å². The number of hydrogen-bond donors (Lipinski definition) is 1. The van der Waals surface area contributed by atoms with Crippen LogP contribution in [-0.4, -0.2) is 9.59 Å². The number of aromatic nitrogens is 2. The first kappa shape index (κ1) is 13.0. The highest BCUT2D eigenvalue weighted by Gasteiger charge is 2.27. The number of nitrogens with zero attached hydrogens (tertiary/aromatic N) is 2. The van der Waals surface area contributed by atoms with Crippen LogP contribution in [0.5, 0.6) is 0 Å². The molecule has 96 valence electrons. The Morgan fingerprint density at radius 1 is 1.35 bits per heavy atom. The second kappa shape index (κ2) is 5.91. The summed E-state index contributed by atoms with van der Waals surface area (Å²) in [6, 6.07) is 0.170. The van der Waals surface area contributed by atoms with Crippen LogP contribution in [0.3, 0.4) is 0 Å². The van der Waals surface area contributed by atoms with Gasteiger partial charge >= 0.3 is 0 Å². The third kappa shape index (κ3) is 3.05. The van der Waals surface area contributed by atoms with Gasteiger partial charge in [0, 0.05) is 6.04 Å². The summed E-state index contributed by atoms with van der Waals surface area (Å²) in [4.78, 5) is 1.24. The predicted molar refractivity (Wildman–Crippen MR) is 72.0 cm³/mol. The average molecular weight is 253 g/mol. The highest BCUT2D eigenvalue weighted by Crippen LogP contribution is 2.37. The van der Waals surface area contributed by atoms with Crippen molar-refractivity contribution in [3.63, 3.8) is 0 Å². The lowest BCUT2D eigenvalue weighted by atomic mass is 9.79. The maximum absolute atomic E-state index is 6.42. The Kier molecular flexibility index (Phi) is 4.51. The van der Waals surface area contributed by atoms with Gasteiger partial charge in [0.15, 0.2) is 0 Å². The SMILES string of the molecule is CCCc1nnsc1C(N)C1CCC(C)CC1. The van der Waals surface area contributed by atoms with Gasteiger partial charge in [0.2, 0.25) is 0 Å². The van der Waals surface area contributed by atoms with Gasteiger partial charge in [0.05, 0.1) is 10.6 Å². The third-order valence-corrected chi connectivity index (χ3v) is 4.81. The molecule has 1 aromatic heterocycles. The van der Waals surface area contributed by atoms with Crippen molar-refractivity contribution in [2.45, 2.75) is 58.4 Å². The van der Waals surface area contributed by atoms with Crippen molar-refractivity contribution >= 4 is 11.5 Å². The van der Waals surface area contributed by atoms with Gasteiger partial charge in [-0.1, -0.05) is 37.6 Å². The summed E-state index contributed by atoms with van der Waals surface area (Å²) in [5.41, 5.74) is 7.56. The molecule has 0 radical (unpaired) electrons. The van der Waals surface area contributed by atoms with E-state index < -0.39 is 0 Å². The molecule has 1 aliphatic rings. The minimum Gasteiger partial charge on any atom is -0.323 e. The van der Waals surface area contributed by atoms with Crippen LogP contribution in [0, 0.1) is 11.8 Å². The minimum absolute atomic E-state index is 0.170. The van der Waals surface area contributed by atoms with E-state index in [0.29, 0.717) is 5.92 Å². The lowest BCUT2D eigenvalue weighted by molar-refractivity contribution is 0.257. The number of nitrogens with two attached hydrogens (primary N) is 1. The molecule has 1 fully saturated rings. The van der Waals surface area contributed by atoms with Crippen LogP contribution in [-0.2, 0) is 6.42 Å². The summed E-state index contributed by atoms with van der Waals surface area (Å²) in [6.07, 6.45) is 7.33. The first-order valence-electron chi connectivity index (χ1n) is 6.79. The van der Waals surface area contributed by atoms with E-state index in [4.69, 9.17) is 5.73 Å². The monoisotopic (exact) mass is 253 g/mol. The summed E-state index contributed by atoms with van der Waals surface area (Å²) in [7, 11) is 0. The van der Waals surface area contributed by atoms with E-state index in [-0.39, 0.29) is 6.04 Å². The van der Waals surface area contributed by atoms with Crippen molar-refractivity contribution in [2.24, 2.45) is 17.6 Å². The summed E-state index contributed by atoms with van der Waals surface area (Å²) in [6.45, 7) is 4.52. The van der Waals surface area contributed by atoms with E-state index in [0.717, 1.165) is 24.5 Å². The van der Waals surface area contributed by atoms with Gasteiger partial charge < -0.3 is 5.73 Å². The molecule has 1 unspecified atom stereocenters. The Balaban J connectivity index is 2.03.